The van der Waals surface area contributed by atoms with Gasteiger partial charge < -0.3 is 10.6 Å². The van der Waals surface area contributed by atoms with Crippen molar-refractivity contribution in [1.82, 2.24) is 5.32 Å². The van der Waals surface area contributed by atoms with Gasteiger partial charge in [-0.1, -0.05) is 25.3 Å². The number of amides is 1. The quantitative estimate of drug-likeness (QED) is 0.813. The Kier molecular flexibility index (Phi) is 4.46. The second kappa shape index (κ2) is 6.29. The summed E-state index contributed by atoms with van der Waals surface area (Å²) in [6.07, 6.45) is 9.23. The van der Waals surface area contributed by atoms with E-state index in [0.29, 0.717) is 0 Å². The van der Waals surface area contributed by atoms with Crippen molar-refractivity contribution in [2.75, 3.05) is 11.9 Å². The van der Waals surface area contributed by atoms with Gasteiger partial charge in [0, 0.05) is 17.8 Å². The molecule has 0 radical (unpaired) electrons. The minimum absolute atomic E-state index is 0.0584. The van der Waals surface area contributed by atoms with E-state index in [-0.39, 0.29) is 11.9 Å². The highest BCUT2D eigenvalue weighted by Gasteiger charge is 2.18. The van der Waals surface area contributed by atoms with Crippen LogP contribution in [0.1, 0.15) is 42.1 Å². The zero-order valence-corrected chi connectivity index (χ0v) is 11.3. The standard InChI is InChI=1S/C16H20N2O/c1-3-7-12(4-2)18-16(19)14-8-5-10-15-13(14)9-6-11-17-15/h2,5,8,10,12,17H,3,6-7,9,11H2,1H3,(H,18,19). The normalized spacial score (nSPS) is 14.7. The summed E-state index contributed by atoms with van der Waals surface area (Å²) in [6.45, 7) is 3.03. The predicted molar refractivity (Wildman–Crippen MR) is 78.2 cm³/mol. The molecule has 1 aliphatic heterocycles. The predicted octanol–water partition coefficient (Wildman–Crippen LogP) is 2.58. The van der Waals surface area contributed by atoms with Crippen molar-refractivity contribution in [3.05, 3.63) is 29.3 Å². The van der Waals surface area contributed by atoms with E-state index in [0.717, 1.165) is 49.0 Å². The highest BCUT2D eigenvalue weighted by Crippen LogP contribution is 2.25. The summed E-state index contributed by atoms with van der Waals surface area (Å²) in [7, 11) is 0. The fourth-order valence-corrected chi connectivity index (χ4v) is 2.44. The second-order valence-corrected chi connectivity index (χ2v) is 4.84. The van der Waals surface area contributed by atoms with Gasteiger partial charge in [0.2, 0.25) is 0 Å². The lowest BCUT2D eigenvalue weighted by molar-refractivity contribution is 0.0943. The van der Waals surface area contributed by atoms with E-state index in [4.69, 9.17) is 6.42 Å². The number of carbonyl (C=O) groups is 1. The Morgan fingerprint density at radius 3 is 3.16 bits per heavy atom. The van der Waals surface area contributed by atoms with Gasteiger partial charge in [-0.2, -0.15) is 0 Å². The lowest BCUT2D eigenvalue weighted by atomic mass is 9.97. The first-order valence-corrected chi connectivity index (χ1v) is 6.89. The van der Waals surface area contributed by atoms with Crippen LogP contribution in [0.5, 0.6) is 0 Å². The molecule has 0 aromatic heterocycles. The molecule has 0 aliphatic carbocycles. The van der Waals surface area contributed by atoms with Crippen LogP contribution in [0.3, 0.4) is 0 Å². The number of carbonyl (C=O) groups excluding carboxylic acids is 1. The lowest BCUT2D eigenvalue weighted by Crippen LogP contribution is -2.34. The summed E-state index contributed by atoms with van der Waals surface area (Å²) in [5, 5.41) is 6.26. The molecular weight excluding hydrogens is 236 g/mol. The first kappa shape index (κ1) is 13.5. The summed E-state index contributed by atoms with van der Waals surface area (Å²) in [5.41, 5.74) is 2.94. The number of rotatable bonds is 4. The van der Waals surface area contributed by atoms with Crippen LogP contribution in [-0.4, -0.2) is 18.5 Å². The van der Waals surface area contributed by atoms with Gasteiger partial charge in [0.1, 0.15) is 0 Å². The molecular formula is C16H20N2O. The molecule has 0 spiro atoms. The summed E-state index contributed by atoms with van der Waals surface area (Å²) in [4.78, 5) is 12.3. The SMILES string of the molecule is C#CC(CCC)NC(=O)c1cccc2c1CCCN2. The molecule has 1 aromatic rings. The van der Waals surface area contributed by atoms with Crippen molar-refractivity contribution in [3.8, 4) is 12.3 Å². The number of hydrogen-bond acceptors (Lipinski definition) is 2. The third-order valence-electron chi connectivity index (χ3n) is 3.42. The van der Waals surface area contributed by atoms with Gasteiger partial charge in [0.25, 0.3) is 5.91 Å². The maximum atomic E-state index is 12.3. The molecule has 0 saturated carbocycles. The number of anilines is 1. The number of hydrogen-bond donors (Lipinski definition) is 2. The Morgan fingerprint density at radius 2 is 2.42 bits per heavy atom. The van der Waals surface area contributed by atoms with Gasteiger partial charge >= 0.3 is 0 Å². The number of fused-ring (bicyclic) bond motifs is 1. The Balaban J connectivity index is 2.18. The fraction of sp³-hybridized carbons (Fsp3) is 0.438. The largest absolute Gasteiger partial charge is 0.385 e. The molecule has 0 fully saturated rings. The Labute approximate surface area is 114 Å². The number of nitrogens with one attached hydrogen (secondary N) is 2. The molecule has 1 aromatic carbocycles. The molecule has 1 heterocycles. The maximum absolute atomic E-state index is 12.3. The minimum atomic E-state index is -0.176. The lowest BCUT2D eigenvalue weighted by Gasteiger charge is -2.21. The number of benzene rings is 1. The zero-order chi connectivity index (χ0) is 13.7. The first-order chi connectivity index (χ1) is 9.26. The molecule has 0 saturated heterocycles. The van der Waals surface area contributed by atoms with Crippen LogP contribution >= 0.6 is 0 Å². The van der Waals surface area contributed by atoms with Crippen molar-refractivity contribution < 1.29 is 4.79 Å². The average molecular weight is 256 g/mol. The Hall–Kier alpha value is -1.95. The monoisotopic (exact) mass is 256 g/mol. The van der Waals surface area contributed by atoms with Gasteiger partial charge in [0.05, 0.1) is 6.04 Å². The van der Waals surface area contributed by atoms with Crippen molar-refractivity contribution in [2.24, 2.45) is 0 Å². The second-order valence-electron chi connectivity index (χ2n) is 4.84. The van der Waals surface area contributed by atoms with E-state index >= 15 is 0 Å². The topological polar surface area (TPSA) is 41.1 Å². The van der Waals surface area contributed by atoms with E-state index in [1.54, 1.807) is 0 Å². The van der Waals surface area contributed by atoms with E-state index in [1.807, 2.05) is 18.2 Å². The summed E-state index contributed by atoms with van der Waals surface area (Å²) < 4.78 is 0. The van der Waals surface area contributed by atoms with E-state index in [9.17, 15) is 4.79 Å². The molecule has 19 heavy (non-hydrogen) atoms. The van der Waals surface area contributed by atoms with Crippen LogP contribution in [0, 0.1) is 12.3 Å². The Morgan fingerprint density at radius 1 is 1.58 bits per heavy atom. The van der Waals surface area contributed by atoms with Crippen molar-refractivity contribution in [1.29, 1.82) is 0 Å². The maximum Gasteiger partial charge on any atom is 0.252 e. The molecule has 3 nitrogen and oxygen atoms in total. The highest BCUT2D eigenvalue weighted by atomic mass is 16.1. The van der Waals surface area contributed by atoms with E-state index < -0.39 is 0 Å². The third-order valence-corrected chi connectivity index (χ3v) is 3.42. The average Bonchev–Trinajstić information content (AvgIpc) is 2.46. The van der Waals surface area contributed by atoms with Crippen LogP contribution in [0.2, 0.25) is 0 Å². The third kappa shape index (κ3) is 3.08. The summed E-state index contributed by atoms with van der Waals surface area (Å²) >= 11 is 0. The smallest absolute Gasteiger partial charge is 0.252 e. The summed E-state index contributed by atoms with van der Waals surface area (Å²) in [6, 6.07) is 5.64. The highest BCUT2D eigenvalue weighted by molar-refractivity contribution is 5.97. The molecule has 1 unspecified atom stereocenters. The molecule has 1 aliphatic rings. The van der Waals surface area contributed by atoms with Crippen LogP contribution in [0.4, 0.5) is 5.69 Å². The van der Waals surface area contributed by atoms with Crippen LogP contribution in [0.25, 0.3) is 0 Å². The molecule has 1 atom stereocenters. The molecule has 0 bridgehead atoms. The number of terminal acetylenes is 1. The van der Waals surface area contributed by atoms with Crippen molar-refractivity contribution in [2.45, 2.75) is 38.6 Å². The molecule has 3 heteroatoms. The van der Waals surface area contributed by atoms with E-state index in [2.05, 4.69) is 23.5 Å². The molecule has 1 amide bonds. The van der Waals surface area contributed by atoms with Crippen LogP contribution < -0.4 is 10.6 Å². The van der Waals surface area contributed by atoms with Gasteiger partial charge in [-0.3, -0.25) is 4.79 Å². The zero-order valence-electron chi connectivity index (χ0n) is 11.3. The Bertz CT molecular complexity index is 502. The fourth-order valence-electron chi connectivity index (χ4n) is 2.44. The van der Waals surface area contributed by atoms with Gasteiger partial charge in [-0.15, -0.1) is 6.42 Å². The van der Waals surface area contributed by atoms with Crippen LogP contribution in [-0.2, 0) is 6.42 Å². The van der Waals surface area contributed by atoms with Crippen molar-refractivity contribution in [3.63, 3.8) is 0 Å². The van der Waals surface area contributed by atoms with Crippen LogP contribution in [0.15, 0.2) is 18.2 Å². The van der Waals surface area contributed by atoms with Gasteiger partial charge in [-0.05, 0) is 37.0 Å². The van der Waals surface area contributed by atoms with Crippen molar-refractivity contribution >= 4 is 11.6 Å². The molecule has 2 rings (SSSR count). The minimum Gasteiger partial charge on any atom is -0.385 e. The van der Waals surface area contributed by atoms with Gasteiger partial charge in [-0.25, -0.2) is 0 Å². The molecule has 2 N–H and O–H groups in total. The van der Waals surface area contributed by atoms with Gasteiger partial charge in [0.15, 0.2) is 0 Å². The summed E-state index contributed by atoms with van der Waals surface area (Å²) in [5.74, 6) is 2.58. The van der Waals surface area contributed by atoms with E-state index in [1.165, 1.54) is 0 Å². The first-order valence-electron chi connectivity index (χ1n) is 6.89. The molecule has 100 valence electrons.